The normalized spacial score (nSPS) is 12.8. The Labute approximate surface area is 121 Å². The fourth-order valence-electron chi connectivity index (χ4n) is 2.68. The van der Waals surface area contributed by atoms with Crippen molar-refractivity contribution in [2.75, 3.05) is 6.54 Å². The van der Waals surface area contributed by atoms with E-state index < -0.39 is 0 Å². The van der Waals surface area contributed by atoms with Gasteiger partial charge in [-0.3, -0.25) is 0 Å². The Kier molecular flexibility index (Phi) is 3.47. The number of aromatic amines is 1. The van der Waals surface area contributed by atoms with Crippen LogP contribution in [0.1, 0.15) is 17.0 Å². The number of halogens is 2. The molecule has 0 fully saturated rings. The molecule has 3 aromatic rings. The number of hydrogen-bond acceptors (Lipinski definition) is 0. The van der Waals surface area contributed by atoms with Crippen LogP contribution in [-0.2, 0) is 0 Å². The van der Waals surface area contributed by atoms with Crippen LogP contribution in [0.5, 0.6) is 0 Å². The molecular weight excluding hydrogens is 275 g/mol. The lowest BCUT2D eigenvalue weighted by molar-refractivity contribution is -0.370. The van der Waals surface area contributed by atoms with Crippen molar-refractivity contribution < 1.29 is 10.1 Å². The van der Waals surface area contributed by atoms with E-state index in [-0.39, 0.29) is 11.7 Å². The number of rotatable bonds is 3. The first-order chi connectivity index (χ1) is 9.72. The van der Waals surface area contributed by atoms with Crippen LogP contribution < -0.4 is 5.73 Å². The molecule has 0 aliphatic carbocycles. The predicted molar refractivity (Wildman–Crippen MR) is 79.3 cm³/mol. The van der Waals surface area contributed by atoms with Crippen molar-refractivity contribution in [3.8, 4) is 0 Å². The third-order valence-electron chi connectivity index (χ3n) is 3.63. The minimum Gasteiger partial charge on any atom is -0.361 e. The molecule has 0 radical (unpaired) electrons. The molecule has 1 aromatic heterocycles. The number of H-pyrrole nitrogens is 1. The molecule has 2 aromatic carbocycles. The topological polar surface area (TPSA) is 43.4 Å². The number of fused-ring (bicyclic) bond motifs is 1. The zero-order valence-electron chi connectivity index (χ0n) is 10.9. The van der Waals surface area contributed by atoms with Gasteiger partial charge in [0, 0.05) is 27.7 Å². The quantitative estimate of drug-likeness (QED) is 0.743. The van der Waals surface area contributed by atoms with Crippen LogP contribution in [0.25, 0.3) is 10.9 Å². The van der Waals surface area contributed by atoms with E-state index in [4.69, 9.17) is 11.6 Å². The van der Waals surface area contributed by atoms with Crippen molar-refractivity contribution in [2.24, 2.45) is 0 Å². The molecule has 0 saturated carbocycles. The second-order valence-electron chi connectivity index (χ2n) is 4.77. The average molecular weight is 290 g/mol. The molecule has 4 N–H and O–H groups in total. The van der Waals surface area contributed by atoms with Crippen molar-refractivity contribution in [3.05, 3.63) is 70.6 Å². The first kappa shape index (κ1) is 13.2. The van der Waals surface area contributed by atoms with Gasteiger partial charge >= 0.3 is 0 Å². The van der Waals surface area contributed by atoms with Crippen LogP contribution in [0.3, 0.4) is 0 Å². The molecule has 1 atom stereocenters. The van der Waals surface area contributed by atoms with Gasteiger partial charge in [0.15, 0.2) is 0 Å². The summed E-state index contributed by atoms with van der Waals surface area (Å²) >= 11 is 6.19. The van der Waals surface area contributed by atoms with E-state index in [9.17, 15) is 4.39 Å². The first-order valence-corrected chi connectivity index (χ1v) is 6.89. The summed E-state index contributed by atoms with van der Waals surface area (Å²) in [5, 5.41) is 1.53. The lowest BCUT2D eigenvalue weighted by Crippen LogP contribution is -2.53. The molecule has 0 bridgehead atoms. The van der Waals surface area contributed by atoms with Crippen LogP contribution in [0.2, 0.25) is 5.02 Å². The second kappa shape index (κ2) is 5.27. The van der Waals surface area contributed by atoms with Gasteiger partial charge in [0.2, 0.25) is 0 Å². The van der Waals surface area contributed by atoms with Gasteiger partial charge in [-0.2, -0.15) is 0 Å². The van der Waals surface area contributed by atoms with E-state index in [1.165, 1.54) is 6.07 Å². The Bertz CT molecular complexity index is 731. The summed E-state index contributed by atoms with van der Waals surface area (Å²) in [5.74, 6) is -0.434. The van der Waals surface area contributed by atoms with Crippen molar-refractivity contribution >= 4 is 22.5 Å². The number of hydrogen-bond donors (Lipinski definition) is 2. The Hall–Kier alpha value is -1.84. The molecule has 2 nitrogen and oxygen atoms in total. The molecule has 0 aliphatic rings. The lowest BCUT2D eigenvalue weighted by atomic mass is 9.90. The van der Waals surface area contributed by atoms with Crippen LogP contribution in [0, 0.1) is 5.82 Å². The summed E-state index contributed by atoms with van der Waals surface area (Å²) in [7, 11) is 0. The SMILES string of the molecule is [NH3+]C[C@H](c1c(F)cccc1Cl)c1c[nH]c2ccccc12. The van der Waals surface area contributed by atoms with Gasteiger partial charge < -0.3 is 10.7 Å². The molecule has 1 heterocycles. The molecule has 0 aliphatic heterocycles. The van der Waals surface area contributed by atoms with Crippen LogP contribution >= 0.6 is 11.6 Å². The molecule has 0 amide bonds. The summed E-state index contributed by atoms with van der Waals surface area (Å²) in [6.07, 6.45) is 1.92. The van der Waals surface area contributed by atoms with Gasteiger partial charge in [0.1, 0.15) is 5.82 Å². The fraction of sp³-hybridized carbons (Fsp3) is 0.125. The standard InChI is InChI=1S/C16H14ClFN2/c17-13-5-3-6-14(18)16(13)11(8-19)12-9-20-15-7-2-1-4-10(12)15/h1-7,9,11,20H,8,19H2/p+1/t11-/m0/s1. The van der Waals surface area contributed by atoms with Gasteiger partial charge in [-0.25, -0.2) is 4.39 Å². The largest absolute Gasteiger partial charge is 0.361 e. The molecule has 0 saturated heterocycles. The van der Waals surface area contributed by atoms with Gasteiger partial charge in [0.05, 0.1) is 12.5 Å². The van der Waals surface area contributed by atoms with E-state index in [1.807, 2.05) is 30.5 Å². The minimum absolute atomic E-state index is 0.153. The van der Waals surface area contributed by atoms with Gasteiger partial charge in [0.25, 0.3) is 0 Å². The van der Waals surface area contributed by atoms with Gasteiger partial charge in [-0.15, -0.1) is 0 Å². The molecule has 20 heavy (non-hydrogen) atoms. The Morgan fingerprint density at radius 1 is 1.15 bits per heavy atom. The van der Waals surface area contributed by atoms with E-state index in [0.29, 0.717) is 17.1 Å². The highest BCUT2D eigenvalue weighted by atomic mass is 35.5. The fourth-order valence-corrected chi connectivity index (χ4v) is 2.98. The summed E-state index contributed by atoms with van der Waals surface area (Å²) in [6.45, 7) is 0.544. The molecule has 3 rings (SSSR count). The molecule has 102 valence electrons. The van der Waals surface area contributed by atoms with Crippen LogP contribution in [0.4, 0.5) is 4.39 Å². The number of aromatic nitrogens is 1. The Balaban J connectivity index is 2.20. The first-order valence-electron chi connectivity index (χ1n) is 6.51. The van der Waals surface area contributed by atoms with Crippen molar-refractivity contribution in [1.29, 1.82) is 0 Å². The number of nitrogens with one attached hydrogen (secondary N) is 1. The maximum atomic E-state index is 14.2. The zero-order valence-corrected chi connectivity index (χ0v) is 11.6. The van der Waals surface area contributed by atoms with Gasteiger partial charge in [-0.05, 0) is 23.8 Å². The highest BCUT2D eigenvalue weighted by Crippen LogP contribution is 2.34. The van der Waals surface area contributed by atoms with E-state index in [2.05, 4.69) is 10.7 Å². The van der Waals surface area contributed by atoms with Crippen LogP contribution in [-0.4, -0.2) is 11.5 Å². The predicted octanol–water partition coefficient (Wildman–Crippen LogP) is 3.33. The zero-order chi connectivity index (χ0) is 14.1. The van der Waals surface area contributed by atoms with E-state index >= 15 is 0 Å². The smallest absolute Gasteiger partial charge is 0.128 e. The summed E-state index contributed by atoms with van der Waals surface area (Å²) < 4.78 is 14.2. The molecule has 4 heteroatoms. The summed E-state index contributed by atoms with van der Waals surface area (Å²) in [4.78, 5) is 3.22. The third-order valence-corrected chi connectivity index (χ3v) is 3.96. The maximum absolute atomic E-state index is 14.2. The van der Waals surface area contributed by atoms with E-state index in [1.54, 1.807) is 12.1 Å². The number of quaternary nitrogens is 1. The van der Waals surface area contributed by atoms with E-state index in [0.717, 1.165) is 16.5 Å². The second-order valence-corrected chi connectivity index (χ2v) is 5.17. The Morgan fingerprint density at radius 2 is 1.95 bits per heavy atom. The lowest BCUT2D eigenvalue weighted by Gasteiger charge is -2.15. The highest BCUT2D eigenvalue weighted by Gasteiger charge is 2.23. The van der Waals surface area contributed by atoms with Crippen LogP contribution in [0.15, 0.2) is 48.7 Å². The molecule has 0 spiro atoms. The Morgan fingerprint density at radius 3 is 2.70 bits per heavy atom. The summed E-state index contributed by atoms with van der Waals surface area (Å²) in [6, 6.07) is 12.8. The average Bonchev–Trinajstić information content (AvgIpc) is 2.87. The highest BCUT2D eigenvalue weighted by molar-refractivity contribution is 6.31. The molecule has 0 unspecified atom stereocenters. The maximum Gasteiger partial charge on any atom is 0.128 e. The van der Waals surface area contributed by atoms with Gasteiger partial charge in [-0.1, -0.05) is 35.9 Å². The summed E-state index contributed by atoms with van der Waals surface area (Å²) in [5.41, 5.74) is 6.56. The monoisotopic (exact) mass is 289 g/mol. The third kappa shape index (κ3) is 2.09. The van der Waals surface area contributed by atoms with Crippen molar-refractivity contribution in [3.63, 3.8) is 0 Å². The number of benzene rings is 2. The number of para-hydroxylation sites is 1. The van der Waals surface area contributed by atoms with Crippen molar-refractivity contribution in [2.45, 2.75) is 5.92 Å². The molecular formula is C16H15ClFN2+. The minimum atomic E-state index is -0.281. The van der Waals surface area contributed by atoms with Crippen molar-refractivity contribution in [1.82, 2.24) is 4.98 Å².